The van der Waals surface area contributed by atoms with Crippen LogP contribution in [0.4, 0.5) is 5.69 Å². The van der Waals surface area contributed by atoms with Crippen LogP contribution in [0.25, 0.3) is 0 Å². The second-order valence-corrected chi connectivity index (χ2v) is 10.5. The van der Waals surface area contributed by atoms with Crippen LogP contribution in [-0.4, -0.2) is 64.2 Å². The summed E-state index contributed by atoms with van der Waals surface area (Å²) in [6.07, 6.45) is 5.03. The summed E-state index contributed by atoms with van der Waals surface area (Å²) in [4.78, 5) is 42.8. The molecule has 0 radical (unpaired) electrons. The Balaban J connectivity index is 1.65. The van der Waals surface area contributed by atoms with Crippen LogP contribution in [0.1, 0.15) is 65.7 Å². The molecule has 1 spiro atoms. The Morgan fingerprint density at radius 2 is 1.83 bits per heavy atom. The monoisotopic (exact) mass is 485 g/mol. The Hall–Kier alpha value is -2.45. The van der Waals surface area contributed by atoms with Gasteiger partial charge in [0, 0.05) is 24.9 Å². The Kier molecular flexibility index (Phi) is 7.52. The molecular formula is C27H39N3O5. The van der Waals surface area contributed by atoms with Gasteiger partial charge in [-0.3, -0.25) is 14.4 Å². The molecule has 3 fully saturated rings. The molecule has 4 rings (SSSR count). The van der Waals surface area contributed by atoms with Crippen LogP contribution < -0.4 is 10.6 Å². The first-order valence-corrected chi connectivity index (χ1v) is 13.1. The number of nitrogens with one attached hydrogen (secondary N) is 2. The molecule has 8 nitrogen and oxygen atoms in total. The van der Waals surface area contributed by atoms with Crippen LogP contribution in [-0.2, 0) is 19.1 Å². The van der Waals surface area contributed by atoms with Gasteiger partial charge in [0.2, 0.25) is 17.7 Å². The summed E-state index contributed by atoms with van der Waals surface area (Å²) in [7, 11) is 0. The number of unbranched alkanes of at least 4 members (excludes halogenated alkanes) is 3. The molecule has 3 aliphatic heterocycles. The molecule has 0 aromatic heterocycles. The van der Waals surface area contributed by atoms with Gasteiger partial charge in [0.1, 0.15) is 11.6 Å². The van der Waals surface area contributed by atoms with Crippen molar-refractivity contribution in [3.8, 4) is 0 Å². The molecule has 3 saturated heterocycles. The third kappa shape index (κ3) is 4.47. The molecule has 0 aliphatic carbocycles. The van der Waals surface area contributed by atoms with E-state index in [0.29, 0.717) is 31.5 Å². The van der Waals surface area contributed by atoms with Gasteiger partial charge in [0.15, 0.2) is 0 Å². The largest absolute Gasteiger partial charge is 0.396 e. The average Bonchev–Trinajstić information content (AvgIpc) is 3.43. The number of likely N-dealkylation sites (tertiary alicyclic amines) is 1. The van der Waals surface area contributed by atoms with Gasteiger partial charge in [-0.1, -0.05) is 38.0 Å². The fourth-order valence-electron chi connectivity index (χ4n) is 6.51. The second-order valence-electron chi connectivity index (χ2n) is 10.5. The van der Waals surface area contributed by atoms with Gasteiger partial charge in [0.05, 0.1) is 17.4 Å². The van der Waals surface area contributed by atoms with Crippen LogP contribution >= 0.6 is 0 Å². The van der Waals surface area contributed by atoms with Gasteiger partial charge in [-0.15, -0.1) is 0 Å². The third-order valence-electron chi connectivity index (χ3n) is 7.99. The molecule has 3 amide bonds. The summed E-state index contributed by atoms with van der Waals surface area (Å²) in [5.74, 6) is -1.91. The highest BCUT2D eigenvalue weighted by molar-refractivity contribution is 6.02. The lowest BCUT2D eigenvalue weighted by atomic mass is 9.65. The molecule has 2 bridgehead atoms. The van der Waals surface area contributed by atoms with E-state index in [9.17, 15) is 14.4 Å². The molecule has 1 aromatic carbocycles. The quantitative estimate of drug-likeness (QED) is 0.418. The molecule has 35 heavy (non-hydrogen) atoms. The molecule has 3 aliphatic rings. The third-order valence-corrected chi connectivity index (χ3v) is 7.99. The van der Waals surface area contributed by atoms with Crippen LogP contribution in [0.15, 0.2) is 30.3 Å². The lowest BCUT2D eigenvalue weighted by Crippen LogP contribution is -2.56. The molecule has 1 aromatic rings. The number of fused-ring (bicyclic) bond motifs is 1. The number of hydrogen-bond donors (Lipinski definition) is 3. The van der Waals surface area contributed by atoms with E-state index < -0.39 is 29.1 Å². The topological polar surface area (TPSA) is 108 Å². The average molecular weight is 486 g/mol. The number of ether oxygens (including phenoxy) is 1. The molecule has 3 N–H and O–H groups in total. The lowest BCUT2D eigenvalue weighted by Gasteiger charge is -2.34. The van der Waals surface area contributed by atoms with Crippen molar-refractivity contribution >= 4 is 23.4 Å². The minimum absolute atomic E-state index is 0.0737. The highest BCUT2D eigenvalue weighted by Gasteiger charge is 2.78. The van der Waals surface area contributed by atoms with Gasteiger partial charge < -0.3 is 25.4 Å². The minimum Gasteiger partial charge on any atom is -0.396 e. The highest BCUT2D eigenvalue weighted by atomic mass is 16.5. The first-order valence-electron chi connectivity index (χ1n) is 13.1. The van der Waals surface area contributed by atoms with Crippen molar-refractivity contribution in [1.82, 2.24) is 10.2 Å². The van der Waals surface area contributed by atoms with Crippen LogP contribution in [0.5, 0.6) is 0 Å². The maximum atomic E-state index is 14.0. The highest BCUT2D eigenvalue weighted by Crippen LogP contribution is 2.64. The van der Waals surface area contributed by atoms with Gasteiger partial charge in [0.25, 0.3) is 0 Å². The molecule has 0 saturated carbocycles. The van der Waals surface area contributed by atoms with E-state index in [4.69, 9.17) is 9.84 Å². The van der Waals surface area contributed by atoms with Gasteiger partial charge in [-0.2, -0.15) is 0 Å². The van der Waals surface area contributed by atoms with E-state index in [1.54, 1.807) is 4.90 Å². The van der Waals surface area contributed by atoms with Crippen molar-refractivity contribution in [3.05, 3.63) is 30.3 Å². The second kappa shape index (κ2) is 10.3. The Morgan fingerprint density at radius 1 is 1.11 bits per heavy atom. The normalized spacial score (nSPS) is 31.2. The summed E-state index contributed by atoms with van der Waals surface area (Å²) in [6.45, 7) is 6.39. The van der Waals surface area contributed by atoms with E-state index in [1.165, 1.54) is 0 Å². The number of para-hydroxylation sites is 1. The molecule has 8 heteroatoms. The predicted molar refractivity (Wildman–Crippen MR) is 132 cm³/mol. The van der Waals surface area contributed by atoms with Crippen molar-refractivity contribution in [2.45, 2.75) is 89.0 Å². The lowest BCUT2D eigenvalue weighted by molar-refractivity contribution is -0.146. The molecule has 5 atom stereocenters. The van der Waals surface area contributed by atoms with Crippen LogP contribution in [0.2, 0.25) is 0 Å². The Morgan fingerprint density at radius 3 is 2.49 bits per heavy atom. The Labute approximate surface area is 207 Å². The first kappa shape index (κ1) is 25.6. The number of carbonyl (C=O) groups excluding carboxylic acids is 3. The van der Waals surface area contributed by atoms with Crippen molar-refractivity contribution in [1.29, 1.82) is 0 Å². The number of hydrogen-bond acceptors (Lipinski definition) is 5. The number of aliphatic hydroxyl groups excluding tert-OH is 1. The number of nitrogens with zero attached hydrogens (tertiary/aromatic N) is 1. The number of anilines is 1. The van der Waals surface area contributed by atoms with E-state index in [2.05, 4.69) is 10.6 Å². The Bertz CT molecular complexity index is 938. The standard InChI is InChI=1S/C27H39N3O5/c1-4-26-14-15-27(35-26)21(20(26)23(32)29-19-12-8-7-9-13-19)25(34)30(16-10-5-6-11-17-31)22(27)24(33)28-18(2)3/h7-9,12-13,18,20-22,31H,4-6,10-11,14-17H2,1-3H3,(H,28,33)(H,29,32)/t20-,21-,22?,26+,27?/m0/s1. The molecular weight excluding hydrogens is 446 g/mol. The van der Waals surface area contributed by atoms with Gasteiger partial charge >= 0.3 is 0 Å². The van der Waals surface area contributed by atoms with E-state index in [1.807, 2.05) is 51.1 Å². The molecule has 3 heterocycles. The smallest absolute Gasteiger partial charge is 0.246 e. The van der Waals surface area contributed by atoms with Gasteiger partial charge in [-0.05, 0) is 58.1 Å². The maximum absolute atomic E-state index is 14.0. The molecule has 192 valence electrons. The number of rotatable bonds is 11. The zero-order valence-corrected chi connectivity index (χ0v) is 21.1. The number of benzene rings is 1. The molecule has 2 unspecified atom stereocenters. The maximum Gasteiger partial charge on any atom is 0.246 e. The summed E-state index contributed by atoms with van der Waals surface area (Å²) in [5.41, 5.74) is -1.06. The summed E-state index contributed by atoms with van der Waals surface area (Å²) in [6, 6.07) is 8.43. The zero-order valence-electron chi connectivity index (χ0n) is 21.1. The van der Waals surface area contributed by atoms with Gasteiger partial charge in [-0.25, -0.2) is 0 Å². The van der Waals surface area contributed by atoms with Crippen LogP contribution in [0.3, 0.4) is 0 Å². The van der Waals surface area contributed by atoms with Crippen molar-refractivity contribution in [3.63, 3.8) is 0 Å². The van der Waals surface area contributed by atoms with Crippen LogP contribution in [0, 0.1) is 11.8 Å². The fraction of sp³-hybridized carbons (Fsp3) is 0.667. The zero-order chi connectivity index (χ0) is 25.2. The van der Waals surface area contributed by atoms with Crippen molar-refractivity contribution in [2.75, 3.05) is 18.5 Å². The summed E-state index contributed by atoms with van der Waals surface area (Å²) < 4.78 is 6.74. The van der Waals surface area contributed by atoms with Crippen molar-refractivity contribution < 1.29 is 24.2 Å². The predicted octanol–water partition coefficient (Wildman–Crippen LogP) is 2.86. The number of carbonyl (C=O) groups is 3. The van der Waals surface area contributed by atoms with E-state index >= 15 is 0 Å². The summed E-state index contributed by atoms with van der Waals surface area (Å²) >= 11 is 0. The minimum atomic E-state index is -0.990. The fourth-order valence-corrected chi connectivity index (χ4v) is 6.51. The SMILES string of the molecule is CC[C@]12CCC3(O1)C(C(=O)NC(C)C)N(CCCCCCO)C(=O)[C@@H]3[C@H]2C(=O)Nc1ccccc1. The van der Waals surface area contributed by atoms with Crippen molar-refractivity contribution in [2.24, 2.45) is 11.8 Å². The van der Waals surface area contributed by atoms with E-state index in [-0.39, 0.29) is 30.4 Å². The summed E-state index contributed by atoms with van der Waals surface area (Å²) in [5, 5.41) is 15.1. The first-order chi connectivity index (χ1) is 16.8. The number of amides is 3. The van der Waals surface area contributed by atoms with E-state index in [0.717, 1.165) is 25.7 Å². The number of aliphatic hydroxyl groups is 1.